The summed E-state index contributed by atoms with van der Waals surface area (Å²) in [4.78, 5) is 11.7. The van der Waals surface area contributed by atoms with Gasteiger partial charge >= 0.3 is 0 Å². The number of hydrogen-bond acceptors (Lipinski definition) is 1. The van der Waals surface area contributed by atoms with E-state index >= 15 is 0 Å². The topological polar surface area (TPSA) is 17.1 Å². The number of rotatable bonds is 9. The molecule has 0 radical (unpaired) electrons. The molecule has 0 aliphatic rings. The van der Waals surface area contributed by atoms with Crippen LogP contribution in [-0.2, 0) is 4.79 Å². The van der Waals surface area contributed by atoms with E-state index in [1.165, 1.54) is 25.7 Å². The van der Waals surface area contributed by atoms with E-state index < -0.39 is 0 Å². The molecule has 2 unspecified atom stereocenters. The Kier molecular flexibility index (Phi) is 8.74. The van der Waals surface area contributed by atoms with Crippen molar-refractivity contribution >= 4 is 5.78 Å². The molecule has 0 aromatic carbocycles. The smallest absolute Gasteiger partial charge is 0.135 e. The zero-order valence-electron chi connectivity index (χ0n) is 11.0. The molecule has 0 saturated carbocycles. The van der Waals surface area contributed by atoms with Crippen LogP contribution in [0.1, 0.15) is 72.6 Å². The third kappa shape index (κ3) is 7.58. The zero-order chi connectivity index (χ0) is 11.7. The highest BCUT2D eigenvalue weighted by Gasteiger charge is 2.13. The zero-order valence-corrected chi connectivity index (χ0v) is 11.0. The number of carbonyl (C=O) groups excluding carboxylic acids is 1. The highest BCUT2D eigenvalue weighted by atomic mass is 16.1. The van der Waals surface area contributed by atoms with Gasteiger partial charge in [0.1, 0.15) is 5.78 Å². The van der Waals surface area contributed by atoms with Gasteiger partial charge in [-0.15, -0.1) is 0 Å². The first-order valence-corrected chi connectivity index (χ1v) is 6.64. The van der Waals surface area contributed by atoms with Gasteiger partial charge in [0.25, 0.3) is 0 Å². The number of hydrogen-bond donors (Lipinski definition) is 0. The van der Waals surface area contributed by atoms with E-state index in [2.05, 4.69) is 27.7 Å². The SMILES string of the molecule is CCCCCC(=O)C(C)CCC(C)CC. The second-order valence-electron chi connectivity index (χ2n) is 4.92. The average molecular weight is 212 g/mol. The summed E-state index contributed by atoms with van der Waals surface area (Å²) < 4.78 is 0. The summed E-state index contributed by atoms with van der Waals surface area (Å²) in [6, 6.07) is 0. The number of ketones is 1. The molecule has 0 bridgehead atoms. The van der Waals surface area contributed by atoms with E-state index in [9.17, 15) is 4.79 Å². The predicted octanol–water partition coefficient (Wildman–Crippen LogP) is 4.60. The third-order valence-electron chi connectivity index (χ3n) is 3.37. The largest absolute Gasteiger partial charge is 0.299 e. The minimum Gasteiger partial charge on any atom is -0.299 e. The molecule has 90 valence electrons. The van der Waals surface area contributed by atoms with Crippen molar-refractivity contribution in [2.24, 2.45) is 11.8 Å². The lowest BCUT2D eigenvalue weighted by Gasteiger charge is -2.13. The Labute approximate surface area is 95.6 Å². The predicted molar refractivity (Wildman–Crippen MR) is 67.0 cm³/mol. The monoisotopic (exact) mass is 212 g/mol. The molecule has 0 aromatic heterocycles. The summed E-state index contributed by atoms with van der Waals surface area (Å²) in [5.41, 5.74) is 0. The molecule has 0 heterocycles. The molecule has 1 nitrogen and oxygen atoms in total. The maximum Gasteiger partial charge on any atom is 0.135 e. The molecule has 0 rings (SSSR count). The fourth-order valence-electron chi connectivity index (χ4n) is 1.70. The van der Waals surface area contributed by atoms with Gasteiger partial charge in [-0.2, -0.15) is 0 Å². The van der Waals surface area contributed by atoms with Crippen molar-refractivity contribution in [3.63, 3.8) is 0 Å². The maximum atomic E-state index is 11.7. The summed E-state index contributed by atoms with van der Waals surface area (Å²) >= 11 is 0. The van der Waals surface area contributed by atoms with Crippen LogP contribution in [0.25, 0.3) is 0 Å². The van der Waals surface area contributed by atoms with Crippen molar-refractivity contribution in [2.75, 3.05) is 0 Å². The standard InChI is InChI=1S/C14H28O/c1-5-7-8-9-14(15)13(4)11-10-12(3)6-2/h12-13H,5-11H2,1-4H3. The van der Waals surface area contributed by atoms with Gasteiger partial charge in [-0.1, -0.05) is 53.4 Å². The molecule has 0 fully saturated rings. The Balaban J connectivity index is 3.60. The van der Waals surface area contributed by atoms with Crippen LogP contribution in [0, 0.1) is 11.8 Å². The first kappa shape index (κ1) is 14.7. The van der Waals surface area contributed by atoms with Crippen LogP contribution < -0.4 is 0 Å². The Morgan fingerprint density at radius 2 is 1.73 bits per heavy atom. The Morgan fingerprint density at radius 1 is 1.07 bits per heavy atom. The number of carbonyl (C=O) groups is 1. The van der Waals surface area contributed by atoms with Gasteiger partial charge in [0.15, 0.2) is 0 Å². The van der Waals surface area contributed by atoms with Crippen molar-refractivity contribution < 1.29 is 4.79 Å². The lowest BCUT2D eigenvalue weighted by atomic mass is 9.92. The van der Waals surface area contributed by atoms with Gasteiger partial charge in [0.05, 0.1) is 0 Å². The van der Waals surface area contributed by atoms with Gasteiger partial charge in [0, 0.05) is 12.3 Å². The van der Waals surface area contributed by atoms with E-state index in [1.807, 2.05) is 0 Å². The van der Waals surface area contributed by atoms with Gasteiger partial charge in [-0.3, -0.25) is 4.79 Å². The lowest BCUT2D eigenvalue weighted by molar-refractivity contribution is -0.122. The van der Waals surface area contributed by atoms with Crippen LogP contribution in [0.15, 0.2) is 0 Å². The van der Waals surface area contributed by atoms with Crippen LogP contribution in [0.2, 0.25) is 0 Å². The van der Waals surface area contributed by atoms with Crippen LogP contribution in [0.4, 0.5) is 0 Å². The van der Waals surface area contributed by atoms with Crippen LogP contribution in [0.3, 0.4) is 0 Å². The molecule has 0 saturated heterocycles. The molecule has 2 atom stereocenters. The molecule has 15 heavy (non-hydrogen) atoms. The van der Waals surface area contributed by atoms with E-state index in [0.29, 0.717) is 5.78 Å². The van der Waals surface area contributed by atoms with E-state index in [0.717, 1.165) is 25.2 Å². The summed E-state index contributed by atoms with van der Waals surface area (Å²) in [5, 5.41) is 0. The van der Waals surface area contributed by atoms with Gasteiger partial charge in [-0.25, -0.2) is 0 Å². The van der Waals surface area contributed by atoms with E-state index in [1.54, 1.807) is 0 Å². The molecular formula is C14H28O. The molecule has 1 heteroatoms. The summed E-state index contributed by atoms with van der Waals surface area (Å²) in [7, 11) is 0. The third-order valence-corrected chi connectivity index (χ3v) is 3.37. The lowest BCUT2D eigenvalue weighted by Crippen LogP contribution is -2.11. The minimum atomic E-state index is 0.288. The Morgan fingerprint density at radius 3 is 2.27 bits per heavy atom. The number of Topliss-reactive ketones (excluding diaryl/α,β-unsaturated/α-hetero) is 1. The summed E-state index contributed by atoms with van der Waals surface area (Å²) in [5.74, 6) is 1.54. The maximum absolute atomic E-state index is 11.7. The van der Waals surface area contributed by atoms with Gasteiger partial charge < -0.3 is 0 Å². The van der Waals surface area contributed by atoms with Crippen molar-refractivity contribution in [3.05, 3.63) is 0 Å². The van der Waals surface area contributed by atoms with Crippen LogP contribution in [0.5, 0.6) is 0 Å². The number of unbranched alkanes of at least 4 members (excludes halogenated alkanes) is 2. The van der Waals surface area contributed by atoms with Crippen molar-refractivity contribution in [1.29, 1.82) is 0 Å². The molecule has 0 aliphatic heterocycles. The minimum absolute atomic E-state index is 0.288. The molecule has 0 amide bonds. The van der Waals surface area contributed by atoms with Crippen molar-refractivity contribution in [3.8, 4) is 0 Å². The molecule has 0 spiro atoms. The normalized spacial score (nSPS) is 14.9. The van der Waals surface area contributed by atoms with Crippen molar-refractivity contribution in [2.45, 2.75) is 72.6 Å². The fraction of sp³-hybridized carbons (Fsp3) is 0.929. The average Bonchev–Trinajstić information content (AvgIpc) is 2.25. The highest BCUT2D eigenvalue weighted by Crippen LogP contribution is 2.17. The van der Waals surface area contributed by atoms with Gasteiger partial charge in [-0.05, 0) is 18.8 Å². The second-order valence-corrected chi connectivity index (χ2v) is 4.92. The van der Waals surface area contributed by atoms with Crippen LogP contribution >= 0.6 is 0 Å². The molecule has 0 aliphatic carbocycles. The van der Waals surface area contributed by atoms with Gasteiger partial charge in [0.2, 0.25) is 0 Å². The molecule has 0 N–H and O–H groups in total. The second kappa shape index (κ2) is 8.94. The molecular weight excluding hydrogens is 184 g/mol. The Bertz CT molecular complexity index is 163. The quantitative estimate of drug-likeness (QED) is 0.511. The first-order valence-electron chi connectivity index (χ1n) is 6.64. The molecule has 0 aromatic rings. The van der Waals surface area contributed by atoms with Crippen molar-refractivity contribution in [1.82, 2.24) is 0 Å². The van der Waals surface area contributed by atoms with Crippen LogP contribution in [-0.4, -0.2) is 5.78 Å². The Hall–Kier alpha value is -0.330. The highest BCUT2D eigenvalue weighted by molar-refractivity contribution is 5.80. The fourth-order valence-corrected chi connectivity index (χ4v) is 1.70. The first-order chi connectivity index (χ1) is 7.11. The summed E-state index contributed by atoms with van der Waals surface area (Å²) in [6.45, 7) is 8.76. The van der Waals surface area contributed by atoms with E-state index in [4.69, 9.17) is 0 Å². The van der Waals surface area contributed by atoms with E-state index in [-0.39, 0.29) is 5.92 Å². The summed E-state index contributed by atoms with van der Waals surface area (Å²) in [6.07, 6.45) is 7.81.